The van der Waals surface area contributed by atoms with Gasteiger partial charge < -0.3 is 9.64 Å². The Kier molecular flexibility index (Phi) is 6.23. The number of fused-ring (bicyclic) bond motifs is 1. The molecule has 0 atom stereocenters. The van der Waals surface area contributed by atoms with Gasteiger partial charge in [0.05, 0.1) is 29.8 Å². The highest BCUT2D eigenvalue weighted by Crippen LogP contribution is 2.38. The van der Waals surface area contributed by atoms with Gasteiger partial charge in [0.15, 0.2) is 4.21 Å². The highest BCUT2D eigenvalue weighted by molar-refractivity contribution is 7.94. The third-order valence-electron chi connectivity index (χ3n) is 5.08. The minimum absolute atomic E-state index is 0.0285. The van der Waals surface area contributed by atoms with E-state index in [2.05, 4.69) is 4.72 Å². The van der Waals surface area contributed by atoms with E-state index in [4.69, 9.17) is 16.3 Å². The van der Waals surface area contributed by atoms with Crippen LogP contribution >= 0.6 is 22.9 Å². The zero-order valence-electron chi connectivity index (χ0n) is 17.0. The van der Waals surface area contributed by atoms with E-state index in [-0.39, 0.29) is 22.2 Å². The van der Waals surface area contributed by atoms with Crippen LogP contribution in [-0.2, 0) is 27.7 Å². The Balaban J connectivity index is 1.70. The van der Waals surface area contributed by atoms with Crippen molar-refractivity contribution in [2.75, 3.05) is 18.4 Å². The number of esters is 1. The number of nitrogens with one attached hydrogen (secondary N) is 1. The van der Waals surface area contributed by atoms with Gasteiger partial charge in [0.25, 0.3) is 15.9 Å². The summed E-state index contributed by atoms with van der Waals surface area (Å²) in [4.78, 5) is 27.7. The van der Waals surface area contributed by atoms with Crippen molar-refractivity contribution in [2.45, 2.75) is 17.2 Å². The molecule has 7 nitrogen and oxygen atoms in total. The number of ether oxygens (including phenoxy) is 1. The number of hydrogen-bond donors (Lipinski definition) is 1. The molecule has 1 aliphatic heterocycles. The van der Waals surface area contributed by atoms with Gasteiger partial charge in [-0.05, 0) is 36.2 Å². The van der Waals surface area contributed by atoms with Gasteiger partial charge in [-0.1, -0.05) is 41.9 Å². The summed E-state index contributed by atoms with van der Waals surface area (Å²) in [5, 5.41) is 0.347. The summed E-state index contributed by atoms with van der Waals surface area (Å²) in [6.45, 7) is 0.498. The van der Waals surface area contributed by atoms with E-state index in [1.54, 1.807) is 59.5 Å². The lowest BCUT2D eigenvalue weighted by Crippen LogP contribution is -2.35. The van der Waals surface area contributed by atoms with Gasteiger partial charge >= 0.3 is 5.97 Å². The van der Waals surface area contributed by atoms with Crippen molar-refractivity contribution in [3.05, 3.63) is 81.2 Å². The van der Waals surface area contributed by atoms with Crippen LogP contribution in [0.15, 0.2) is 58.8 Å². The van der Waals surface area contributed by atoms with Crippen molar-refractivity contribution in [3.63, 3.8) is 0 Å². The van der Waals surface area contributed by atoms with E-state index in [1.165, 1.54) is 7.11 Å². The lowest BCUT2D eigenvalue weighted by molar-refractivity contribution is 0.0595. The molecule has 0 aliphatic carbocycles. The number of amides is 1. The maximum absolute atomic E-state index is 13.1. The molecular weight excluding hydrogens is 472 g/mol. The molecule has 0 spiro atoms. The first-order valence-corrected chi connectivity index (χ1v) is 12.3. The number of halogens is 1. The smallest absolute Gasteiger partial charge is 0.340 e. The van der Waals surface area contributed by atoms with Crippen LogP contribution in [-0.4, -0.2) is 38.8 Å². The number of thiophene rings is 1. The van der Waals surface area contributed by atoms with Gasteiger partial charge in [-0.2, -0.15) is 0 Å². The molecule has 2 aromatic carbocycles. The van der Waals surface area contributed by atoms with E-state index in [0.717, 1.165) is 11.3 Å². The minimum atomic E-state index is -4.05. The van der Waals surface area contributed by atoms with E-state index in [1.807, 2.05) is 0 Å². The molecule has 1 N–H and O–H groups in total. The van der Waals surface area contributed by atoms with Crippen LogP contribution in [0.3, 0.4) is 0 Å². The Hall–Kier alpha value is -2.88. The third kappa shape index (κ3) is 4.23. The molecule has 166 valence electrons. The lowest BCUT2D eigenvalue weighted by Gasteiger charge is -2.27. The van der Waals surface area contributed by atoms with Crippen molar-refractivity contribution in [1.29, 1.82) is 0 Å². The molecule has 0 unspecified atom stereocenters. The maximum Gasteiger partial charge on any atom is 0.340 e. The standard InChI is InChI=1S/C22H19ClN2O5S2/c1-30-21(27)19-16-11-12-25(20(26)15-9-5-6-10-17(15)23)13-18(16)31-22(19)32(28,29)24-14-7-3-2-4-8-14/h2-10,24H,11-13H2,1H3. The maximum atomic E-state index is 13.1. The van der Waals surface area contributed by atoms with Crippen LogP contribution in [0.5, 0.6) is 0 Å². The fourth-order valence-corrected chi connectivity index (χ4v) is 6.74. The summed E-state index contributed by atoms with van der Waals surface area (Å²) in [5.74, 6) is -0.970. The molecule has 1 aliphatic rings. The Morgan fingerprint density at radius 2 is 1.78 bits per heavy atom. The third-order valence-corrected chi connectivity index (χ3v) is 8.52. The average molecular weight is 491 g/mol. The number of carbonyl (C=O) groups is 2. The number of benzene rings is 2. The molecule has 0 bridgehead atoms. The molecule has 4 rings (SSSR count). The molecule has 0 saturated heterocycles. The SMILES string of the molecule is COC(=O)c1c(S(=O)(=O)Nc2ccccc2)sc2c1CCN(C(=O)c1ccccc1Cl)C2. The topological polar surface area (TPSA) is 92.8 Å². The molecule has 0 saturated carbocycles. The number of methoxy groups -OCH3 is 1. The van der Waals surface area contributed by atoms with Crippen LogP contribution < -0.4 is 4.72 Å². The second-order valence-corrected chi connectivity index (χ2v) is 10.5. The second-order valence-electron chi connectivity index (χ2n) is 7.09. The summed E-state index contributed by atoms with van der Waals surface area (Å²) >= 11 is 7.15. The zero-order valence-corrected chi connectivity index (χ0v) is 19.4. The molecular formula is C22H19ClN2O5S2. The highest BCUT2D eigenvalue weighted by Gasteiger charge is 2.35. The Bertz CT molecular complexity index is 1290. The fourth-order valence-electron chi connectivity index (χ4n) is 3.56. The van der Waals surface area contributed by atoms with Gasteiger partial charge in [-0.3, -0.25) is 9.52 Å². The summed E-state index contributed by atoms with van der Waals surface area (Å²) in [6, 6.07) is 15.2. The molecule has 32 heavy (non-hydrogen) atoms. The Labute approximate surface area is 194 Å². The molecule has 2 heterocycles. The second kappa shape index (κ2) is 8.93. The minimum Gasteiger partial charge on any atom is -0.465 e. The van der Waals surface area contributed by atoms with Gasteiger partial charge in [0.1, 0.15) is 0 Å². The molecule has 1 amide bonds. The molecule has 1 aromatic heterocycles. The van der Waals surface area contributed by atoms with Gasteiger partial charge in [-0.25, -0.2) is 13.2 Å². The quantitative estimate of drug-likeness (QED) is 0.541. The monoisotopic (exact) mass is 490 g/mol. The largest absolute Gasteiger partial charge is 0.465 e. The molecule has 0 fully saturated rings. The normalized spacial score (nSPS) is 13.4. The van der Waals surface area contributed by atoms with Crippen molar-refractivity contribution < 1.29 is 22.7 Å². The summed E-state index contributed by atoms with van der Waals surface area (Å²) in [6.07, 6.45) is 0.327. The van der Waals surface area contributed by atoms with Crippen molar-refractivity contribution >= 4 is 50.5 Å². The van der Waals surface area contributed by atoms with Crippen LogP contribution in [0, 0.1) is 0 Å². The summed E-state index contributed by atoms with van der Waals surface area (Å²) < 4.78 is 33.5. The van der Waals surface area contributed by atoms with E-state index < -0.39 is 16.0 Å². The molecule has 10 heteroatoms. The zero-order chi connectivity index (χ0) is 22.9. The first-order valence-electron chi connectivity index (χ1n) is 9.66. The number of nitrogens with zero attached hydrogens (tertiary/aromatic N) is 1. The fraction of sp³-hybridized carbons (Fsp3) is 0.182. The Morgan fingerprint density at radius 3 is 2.47 bits per heavy atom. The first-order chi connectivity index (χ1) is 15.3. The highest BCUT2D eigenvalue weighted by atomic mass is 35.5. The summed E-state index contributed by atoms with van der Waals surface area (Å²) in [5.41, 5.74) is 1.38. The predicted octanol–water partition coefficient (Wildman–Crippen LogP) is 4.19. The average Bonchev–Trinajstić information content (AvgIpc) is 3.19. The number of hydrogen-bond acceptors (Lipinski definition) is 6. The first kappa shape index (κ1) is 22.3. The van der Waals surface area contributed by atoms with Crippen molar-refractivity contribution in [1.82, 2.24) is 4.90 Å². The van der Waals surface area contributed by atoms with Crippen molar-refractivity contribution in [2.24, 2.45) is 0 Å². The number of rotatable bonds is 5. The number of anilines is 1. The molecule has 0 radical (unpaired) electrons. The number of sulfonamides is 1. The van der Waals surface area contributed by atoms with Crippen LogP contribution in [0.4, 0.5) is 5.69 Å². The number of carbonyl (C=O) groups excluding carboxylic acids is 2. The van der Waals surface area contributed by atoms with E-state index in [0.29, 0.717) is 39.7 Å². The van der Waals surface area contributed by atoms with Crippen LogP contribution in [0.25, 0.3) is 0 Å². The van der Waals surface area contributed by atoms with Crippen LogP contribution in [0.1, 0.15) is 31.2 Å². The molecule has 3 aromatic rings. The van der Waals surface area contributed by atoms with Crippen LogP contribution in [0.2, 0.25) is 5.02 Å². The summed E-state index contributed by atoms with van der Waals surface area (Å²) in [7, 11) is -2.83. The Morgan fingerprint density at radius 1 is 1.09 bits per heavy atom. The van der Waals surface area contributed by atoms with Gasteiger partial charge in [0.2, 0.25) is 0 Å². The van der Waals surface area contributed by atoms with E-state index >= 15 is 0 Å². The van der Waals surface area contributed by atoms with Gasteiger partial charge in [-0.15, -0.1) is 11.3 Å². The lowest BCUT2D eigenvalue weighted by atomic mass is 10.0. The van der Waals surface area contributed by atoms with Crippen molar-refractivity contribution in [3.8, 4) is 0 Å². The predicted molar refractivity (Wildman–Crippen MR) is 123 cm³/mol. The van der Waals surface area contributed by atoms with Gasteiger partial charge in [0, 0.05) is 17.1 Å². The number of para-hydroxylation sites is 1. The van der Waals surface area contributed by atoms with E-state index in [9.17, 15) is 18.0 Å².